The zero-order valence-corrected chi connectivity index (χ0v) is 20.9. The second kappa shape index (κ2) is 16.0. The highest BCUT2D eigenvalue weighted by Gasteiger charge is 2.32. The van der Waals surface area contributed by atoms with Crippen molar-refractivity contribution in [1.29, 1.82) is 0 Å². The minimum absolute atomic E-state index is 0.0331. The molecule has 0 radical (unpaired) electrons. The summed E-state index contributed by atoms with van der Waals surface area (Å²) in [6, 6.07) is 0. The van der Waals surface area contributed by atoms with E-state index in [9.17, 15) is 9.59 Å². The van der Waals surface area contributed by atoms with Gasteiger partial charge in [0.05, 0.1) is 5.54 Å². The quantitative estimate of drug-likeness (QED) is 0.152. The van der Waals surface area contributed by atoms with E-state index in [0.29, 0.717) is 51.9 Å². The van der Waals surface area contributed by atoms with E-state index in [4.69, 9.17) is 6.42 Å². The molecule has 0 aromatic rings. The Morgan fingerprint density at radius 2 is 1.21 bits per heavy atom. The largest absolute Gasteiger partial charge is 0.355 e. The topological polar surface area (TPSA) is 130 Å². The lowest BCUT2D eigenvalue weighted by atomic mass is 9.90. The highest BCUT2D eigenvalue weighted by atomic mass is 16.2. The van der Waals surface area contributed by atoms with Crippen LogP contribution in [0, 0.1) is 17.8 Å². The van der Waals surface area contributed by atoms with Crippen molar-refractivity contribution in [2.75, 3.05) is 85.1 Å². The second-order valence-electron chi connectivity index (χ2n) is 9.86. The van der Waals surface area contributed by atoms with Crippen LogP contribution in [0.15, 0.2) is 0 Å². The van der Waals surface area contributed by atoms with Crippen molar-refractivity contribution in [1.82, 2.24) is 42.5 Å². The fourth-order valence-electron chi connectivity index (χ4n) is 4.32. The molecule has 194 valence electrons. The summed E-state index contributed by atoms with van der Waals surface area (Å²) in [5, 5.41) is 27.5. The molecule has 34 heavy (non-hydrogen) atoms. The van der Waals surface area contributed by atoms with Gasteiger partial charge in [-0.2, -0.15) is 0 Å². The molecule has 0 aromatic carbocycles. The summed E-state index contributed by atoms with van der Waals surface area (Å²) < 4.78 is 0. The lowest BCUT2D eigenvalue weighted by molar-refractivity contribution is -0.123. The zero-order valence-electron chi connectivity index (χ0n) is 20.9. The molecular weight excluding hydrogens is 432 g/mol. The maximum Gasteiger partial charge on any atom is 0.220 e. The van der Waals surface area contributed by atoms with Crippen molar-refractivity contribution in [2.45, 2.75) is 38.1 Å². The monoisotopic (exact) mass is 478 g/mol. The summed E-state index contributed by atoms with van der Waals surface area (Å²) >= 11 is 0. The molecule has 3 fully saturated rings. The van der Waals surface area contributed by atoms with Gasteiger partial charge in [0, 0.05) is 110 Å². The van der Waals surface area contributed by atoms with Crippen molar-refractivity contribution in [3.05, 3.63) is 0 Å². The van der Waals surface area contributed by atoms with Gasteiger partial charge in [0.25, 0.3) is 0 Å². The number of carbonyl (C=O) groups is 2. The Kier molecular flexibility index (Phi) is 13.4. The van der Waals surface area contributed by atoms with E-state index in [0.717, 1.165) is 58.9 Å². The first-order valence-electron chi connectivity index (χ1n) is 12.7. The first-order chi connectivity index (χ1) is 16.5. The smallest absolute Gasteiger partial charge is 0.220 e. The number of carbonyl (C=O) groups excluding carboxylic acids is 2. The number of nitrogens with one attached hydrogen (secondary N) is 8. The van der Waals surface area contributed by atoms with Crippen LogP contribution in [-0.4, -0.2) is 102 Å². The standard InChI is InChI=1S/C24H46N8O2/c1-3-4-8-31-21(33)6-5-7-22(34)32-24-18-28-12-9-25-15-23(2,16-26-10-13-29-19-24)17-27-11-14-30-20-24/h1,25-30H,4-20H2,2H3,(H,31,33)(H,32,34). The van der Waals surface area contributed by atoms with Gasteiger partial charge in [-0.3, -0.25) is 9.59 Å². The van der Waals surface area contributed by atoms with E-state index in [1.54, 1.807) is 0 Å². The fraction of sp³-hybridized carbons (Fsp3) is 0.833. The highest BCUT2D eigenvalue weighted by molar-refractivity contribution is 5.79. The van der Waals surface area contributed by atoms with Crippen molar-refractivity contribution in [3.63, 3.8) is 0 Å². The summed E-state index contributed by atoms with van der Waals surface area (Å²) in [6.45, 7) is 12.7. The van der Waals surface area contributed by atoms with E-state index in [1.165, 1.54) is 0 Å². The van der Waals surface area contributed by atoms with Gasteiger partial charge >= 0.3 is 0 Å². The lowest BCUT2D eigenvalue weighted by Gasteiger charge is -2.37. The molecule has 2 bridgehead atoms. The van der Waals surface area contributed by atoms with Crippen LogP contribution >= 0.6 is 0 Å². The van der Waals surface area contributed by atoms with Crippen LogP contribution in [0.1, 0.15) is 32.6 Å². The van der Waals surface area contributed by atoms with Gasteiger partial charge < -0.3 is 42.5 Å². The van der Waals surface area contributed by atoms with Gasteiger partial charge in [0.15, 0.2) is 0 Å². The molecule has 0 atom stereocenters. The number of hydrogen-bond acceptors (Lipinski definition) is 8. The molecule has 2 amide bonds. The Morgan fingerprint density at radius 1 is 0.765 bits per heavy atom. The van der Waals surface area contributed by atoms with Gasteiger partial charge in [-0.1, -0.05) is 6.92 Å². The third-order valence-electron chi connectivity index (χ3n) is 6.28. The van der Waals surface area contributed by atoms with Crippen molar-refractivity contribution >= 4 is 11.8 Å². The molecule has 0 aliphatic carbocycles. The molecule has 3 saturated heterocycles. The molecular formula is C24H46N8O2. The fourth-order valence-corrected chi connectivity index (χ4v) is 4.32. The van der Waals surface area contributed by atoms with Crippen LogP contribution < -0.4 is 42.5 Å². The lowest BCUT2D eigenvalue weighted by Crippen LogP contribution is -2.66. The summed E-state index contributed by atoms with van der Waals surface area (Å²) in [5.41, 5.74) is -0.320. The Hall–Kier alpha value is -1.74. The molecule has 3 aliphatic heterocycles. The predicted octanol–water partition coefficient (Wildman–Crippen LogP) is -2.28. The average Bonchev–Trinajstić information content (AvgIpc) is 2.80. The molecule has 10 nitrogen and oxygen atoms in total. The van der Waals surface area contributed by atoms with Gasteiger partial charge in [-0.15, -0.1) is 12.3 Å². The number of fused-ring (bicyclic) bond motifs is 15. The highest BCUT2D eigenvalue weighted by Crippen LogP contribution is 2.12. The number of terminal acetylenes is 1. The van der Waals surface area contributed by atoms with E-state index >= 15 is 0 Å². The van der Waals surface area contributed by atoms with Gasteiger partial charge in [-0.25, -0.2) is 0 Å². The second-order valence-corrected chi connectivity index (χ2v) is 9.86. The van der Waals surface area contributed by atoms with Crippen LogP contribution in [0.2, 0.25) is 0 Å². The molecule has 3 heterocycles. The van der Waals surface area contributed by atoms with Crippen LogP contribution in [0.4, 0.5) is 0 Å². The van der Waals surface area contributed by atoms with Crippen molar-refractivity contribution < 1.29 is 9.59 Å². The van der Waals surface area contributed by atoms with E-state index in [-0.39, 0.29) is 17.2 Å². The van der Waals surface area contributed by atoms with Crippen LogP contribution in [0.5, 0.6) is 0 Å². The SMILES string of the molecule is C#CCCNC(=O)CCCC(=O)NC12CNCCNCC(C)(CNCCNC1)CNCCNC2. The summed E-state index contributed by atoms with van der Waals surface area (Å²) in [4.78, 5) is 24.8. The number of amides is 2. The number of hydrogen-bond donors (Lipinski definition) is 8. The maximum atomic E-state index is 12.9. The Morgan fingerprint density at radius 3 is 1.68 bits per heavy atom. The number of rotatable bonds is 7. The molecule has 10 heteroatoms. The molecule has 0 saturated carbocycles. The first-order valence-corrected chi connectivity index (χ1v) is 12.7. The normalized spacial score (nSPS) is 27.6. The first kappa shape index (κ1) is 28.5. The Bertz CT molecular complexity index is 608. The Balaban J connectivity index is 1.96. The van der Waals surface area contributed by atoms with E-state index < -0.39 is 5.54 Å². The average molecular weight is 479 g/mol. The van der Waals surface area contributed by atoms with Crippen LogP contribution in [-0.2, 0) is 9.59 Å². The van der Waals surface area contributed by atoms with E-state index in [2.05, 4.69) is 55.4 Å². The van der Waals surface area contributed by atoms with Gasteiger partial charge in [0.1, 0.15) is 0 Å². The molecule has 3 rings (SSSR count). The third kappa shape index (κ3) is 11.6. The predicted molar refractivity (Wildman–Crippen MR) is 137 cm³/mol. The van der Waals surface area contributed by atoms with Crippen molar-refractivity contribution in [3.8, 4) is 12.3 Å². The summed E-state index contributed by atoms with van der Waals surface area (Å²) in [7, 11) is 0. The van der Waals surface area contributed by atoms with Gasteiger partial charge in [0.2, 0.25) is 11.8 Å². The summed E-state index contributed by atoms with van der Waals surface area (Å²) in [6.07, 6.45) is 6.86. The molecule has 8 N–H and O–H groups in total. The maximum absolute atomic E-state index is 12.9. The molecule has 0 spiro atoms. The van der Waals surface area contributed by atoms with Crippen LogP contribution in [0.25, 0.3) is 0 Å². The summed E-state index contributed by atoms with van der Waals surface area (Å²) in [5.74, 6) is 2.40. The van der Waals surface area contributed by atoms with Crippen molar-refractivity contribution in [2.24, 2.45) is 5.41 Å². The van der Waals surface area contributed by atoms with Gasteiger partial charge in [-0.05, 0) is 6.42 Å². The Labute approximate surface area is 205 Å². The minimum Gasteiger partial charge on any atom is -0.355 e. The minimum atomic E-state index is -0.463. The third-order valence-corrected chi connectivity index (χ3v) is 6.28. The molecule has 0 unspecified atom stereocenters. The van der Waals surface area contributed by atoms with Crippen LogP contribution in [0.3, 0.4) is 0 Å². The van der Waals surface area contributed by atoms with E-state index in [1.807, 2.05) is 0 Å². The molecule has 3 aliphatic rings. The molecule has 0 aromatic heterocycles. The zero-order chi connectivity index (χ0) is 24.5.